The molecule has 0 amide bonds. The molecule has 0 fully saturated rings. The largest absolute Gasteiger partial charge is 0.464 e. The summed E-state index contributed by atoms with van der Waals surface area (Å²) in [5.74, 6) is 1.94. The third kappa shape index (κ3) is 5.34. The minimum absolute atomic E-state index is 0. The lowest BCUT2D eigenvalue weighted by Crippen LogP contribution is -1.97. The van der Waals surface area contributed by atoms with Crippen molar-refractivity contribution < 1.29 is 9.15 Å². The van der Waals surface area contributed by atoms with Crippen molar-refractivity contribution in [3.05, 3.63) is 78.3 Å². The van der Waals surface area contributed by atoms with Gasteiger partial charge >= 0.3 is 0 Å². The molecule has 0 saturated heterocycles. The van der Waals surface area contributed by atoms with E-state index in [2.05, 4.69) is 20.3 Å². The van der Waals surface area contributed by atoms with E-state index in [1.54, 1.807) is 18.7 Å². The number of thiazole rings is 1. The second-order valence-corrected chi connectivity index (χ2v) is 8.32. The fourth-order valence-corrected chi connectivity index (χ4v) is 4.42. The van der Waals surface area contributed by atoms with Crippen LogP contribution in [0.1, 0.15) is 5.69 Å². The number of halogens is 2. The van der Waals surface area contributed by atoms with Gasteiger partial charge in [-0.2, -0.15) is 0 Å². The van der Waals surface area contributed by atoms with Gasteiger partial charge in [0.25, 0.3) is 0 Å². The molecule has 4 aromatic heterocycles. The van der Waals surface area contributed by atoms with Gasteiger partial charge in [-0.3, -0.25) is 0 Å². The van der Waals surface area contributed by atoms with Gasteiger partial charge in [0.05, 0.1) is 17.3 Å². The van der Waals surface area contributed by atoms with Gasteiger partial charge in [-0.25, -0.2) is 15.0 Å². The number of rotatable bonds is 6. The van der Waals surface area contributed by atoms with E-state index in [1.165, 1.54) is 23.1 Å². The van der Waals surface area contributed by atoms with Gasteiger partial charge in [-0.1, -0.05) is 30.0 Å². The number of fused-ring (bicyclic) bond motifs is 1. The van der Waals surface area contributed by atoms with E-state index in [1.807, 2.05) is 60.8 Å². The summed E-state index contributed by atoms with van der Waals surface area (Å²) in [6.45, 7) is 1.96. The third-order valence-electron chi connectivity index (χ3n) is 4.20. The molecule has 5 rings (SSSR count). The third-order valence-corrected chi connectivity index (χ3v) is 6.05. The summed E-state index contributed by atoms with van der Waals surface area (Å²) < 4.78 is 11.6. The molecular formula is C22H18Cl2N4O2S2. The Kier molecular flexibility index (Phi) is 7.98. The van der Waals surface area contributed by atoms with Crippen LogP contribution in [0.4, 0.5) is 10.9 Å². The average molecular weight is 505 g/mol. The summed E-state index contributed by atoms with van der Waals surface area (Å²) >= 11 is 3.04. The van der Waals surface area contributed by atoms with Crippen molar-refractivity contribution in [3.8, 4) is 11.5 Å². The van der Waals surface area contributed by atoms with Gasteiger partial charge in [0.1, 0.15) is 16.4 Å². The molecule has 0 aliphatic carbocycles. The van der Waals surface area contributed by atoms with Gasteiger partial charge < -0.3 is 14.5 Å². The topological polar surface area (TPSA) is 73.1 Å². The van der Waals surface area contributed by atoms with Gasteiger partial charge in [-0.05, 0) is 31.2 Å². The highest BCUT2D eigenvalue weighted by Crippen LogP contribution is 2.37. The molecule has 0 saturated carbocycles. The average Bonchev–Trinajstić information content (AvgIpc) is 3.40. The number of furan rings is 1. The van der Waals surface area contributed by atoms with E-state index in [9.17, 15) is 0 Å². The van der Waals surface area contributed by atoms with E-state index in [0.717, 1.165) is 37.5 Å². The Morgan fingerprint density at radius 1 is 1.06 bits per heavy atom. The molecule has 0 spiro atoms. The van der Waals surface area contributed by atoms with Crippen LogP contribution in [0.5, 0.6) is 11.5 Å². The highest BCUT2D eigenvalue weighted by molar-refractivity contribution is 7.99. The SMILES string of the molecule is Cc1csc(Nc2ncc(Sc3nccc4occc34)cc2Oc2ccccc2)n1.Cl.Cl. The molecule has 0 unspecified atom stereocenters. The molecule has 0 atom stereocenters. The summed E-state index contributed by atoms with van der Waals surface area (Å²) in [4.78, 5) is 14.5. The number of para-hydroxylation sites is 1. The second kappa shape index (κ2) is 10.7. The smallest absolute Gasteiger partial charge is 0.188 e. The molecule has 10 heteroatoms. The molecule has 0 aliphatic heterocycles. The quantitative estimate of drug-likeness (QED) is 0.256. The monoisotopic (exact) mass is 504 g/mol. The predicted octanol–water partition coefficient (Wildman–Crippen LogP) is 7.52. The van der Waals surface area contributed by atoms with Gasteiger partial charge in [0, 0.05) is 28.7 Å². The van der Waals surface area contributed by atoms with Crippen molar-refractivity contribution in [2.45, 2.75) is 16.8 Å². The number of benzene rings is 1. The Bertz CT molecular complexity index is 1310. The minimum atomic E-state index is 0. The van der Waals surface area contributed by atoms with Crippen LogP contribution in [-0.2, 0) is 0 Å². The number of nitrogens with one attached hydrogen (secondary N) is 1. The summed E-state index contributed by atoms with van der Waals surface area (Å²) in [6.07, 6.45) is 5.21. The highest BCUT2D eigenvalue weighted by atomic mass is 35.5. The standard InChI is InChI=1S/C22H16N4O2S2.2ClH/c1-14-13-29-22(25-14)26-20-19(28-15-5-3-2-4-6-15)11-16(12-24-20)30-21-17-8-10-27-18(17)7-9-23-21;;/h2-13H,1H3,(H,24,25,26);2*1H. The van der Waals surface area contributed by atoms with Crippen molar-refractivity contribution in [1.82, 2.24) is 15.0 Å². The Morgan fingerprint density at radius 2 is 1.91 bits per heavy atom. The molecule has 32 heavy (non-hydrogen) atoms. The van der Waals surface area contributed by atoms with E-state index in [-0.39, 0.29) is 24.8 Å². The van der Waals surface area contributed by atoms with E-state index in [4.69, 9.17) is 9.15 Å². The van der Waals surface area contributed by atoms with Crippen molar-refractivity contribution >= 4 is 69.8 Å². The number of hydrogen-bond donors (Lipinski definition) is 1. The zero-order valence-corrected chi connectivity index (χ0v) is 20.0. The van der Waals surface area contributed by atoms with Crippen LogP contribution in [0.25, 0.3) is 11.0 Å². The zero-order valence-electron chi connectivity index (χ0n) is 16.7. The fourth-order valence-electron chi connectivity index (χ4n) is 2.84. The van der Waals surface area contributed by atoms with Crippen molar-refractivity contribution in [2.24, 2.45) is 0 Å². The number of ether oxygens (including phenoxy) is 1. The lowest BCUT2D eigenvalue weighted by molar-refractivity contribution is 0.481. The van der Waals surface area contributed by atoms with Crippen LogP contribution >= 0.6 is 47.9 Å². The van der Waals surface area contributed by atoms with Crippen molar-refractivity contribution in [3.63, 3.8) is 0 Å². The van der Waals surface area contributed by atoms with Crippen molar-refractivity contribution in [2.75, 3.05) is 5.32 Å². The van der Waals surface area contributed by atoms with Gasteiger partial charge in [-0.15, -0.1) is 36.2 Å². The maximum absolute atomic E-state index is 6.14. The van der Waals surface area contributed by atoms with E-state index in [0.29, 0.717) is 11.6 Å². The van der Waals surface area contributed by atoms with E-state index < -0.39 is 0 Å². The van der Waals surface area contributed by atoms with Crippen LogP contribution in [0, 0.1) is 6.92 Å². The number of aromatic nitrogens is 3. The van der Waals surface area contributed by atoms with Gasteiger partial charge in [0.15, 0.2) is 16.7 Å². The summed E-state index contributed by atoms with van der Waals surface area (Å²) in [5, 5.41) is 7.83. The van der Waals surface area contributed by atoms with Crippen LogP contribution in [-0.4, -0.2) is 15.0 Å². The van der Waals surface area contributed by atoms with Crippen LogP contribution in [0.2, 0.25) is 0 Å². The number of hydrogen-bond acceptors (Lipinski definition) is 8. The molecular weight excluding hydrogens is 487 g/mol. The Morgan fingerprint density at radius 3 is 2.69 bits per heavy atom. The molecule has 0 radical (unpaired) electrons. The lowest BCUT2D eigenvalue weighted by Gasteiger charge is -2.12. The molecule has 0 aliphatic rings. The fraction of sp³-hybridized carbons (Fsp3) is 0.0455. The predicted molar refractivity (Wildman–Crippen MR) is 134 cm³/mol. The molecule has 6 nitrogen and oxygen atoms in total. The maximum atomic E-state index is 6.14. The number of nitrogens with zero attached hydrogens (tertiary/aromatic N) is 3. The Labute approximate surface area is 205 Å². The van der Waals surface area contributed by atoms with Gasteiger partial charge in [0.2, 0.25) is 0 Å². The summed E-state index contributed by atoms with van der Waals surface area (Å²) in [6, 6.07) is 15.4. The molecule has 0 bridgehead atoms. The number of anilines is 2. The Balaban J connectivity index is 0.00000144. The highest BCUT2D eigenvalue weighted by Gasteiger charge is 2.13. The Hall–Kier alpha value is -2.78. The maximum Gasteiger partial charge on any atom is 0.188 e. The summed E-state index contributed by atoms with van der Waals surface area (Å²) in [7, 11) is 0. The zero-order chi connectivity index (χ0) is 20.3. The normalized spacial score (nSPS) is 10.3. The molecule has 1 N–H and O–H groups in total. The molecule has 1 aromatic carbocycles. The van der Waals surface area contributed by atoms with Crippen LogP contribution in [0.15, 0.2) is 86.9 Å². The second-order valence-electron chi connectivity index (χ2n) is 6.40. The van der Waals surface area contributed by atoms with Crippen LogP contribution in [0.3, 0.4) is 0 Å². The summed E-state index contributed by atoms with van der Waals surface area (Å²) in [5.41, 5.74) is 1.76. The van der Waals surface area contributed by atoms with E-state index >= 15 is 0 Å². The first-order valence-electron chi connectivity index (χ1n) is 9.17. The minimum Gasteiger partial charge on any atom is -0.464 e. The van der Waals surface area contributed by atoms with Crippen LogP contribution < -0.4 is 10.1 Å². The molecule has 4 heterocycles. The number of pyridine rings is 2. The number of aryl methyl sites for hydroxylation is 1. The first-order valence-corrected chi connectivity index (χ1v) is 10.9. The van der Waals surface area contributed by atoms with Crippen molar-refractivity contribution in [1.29, 1.82) is 0 Å². The first-order chi connectivity index (χ1) is 14.7. The first kappa shape index (κ1) is 23.9. The molecule has 5 aromatic rings. The molecule has 164 valence electrons. The lowest BCUT2D eigenvalue weighted by atomic mass is 10.3.